The number of aryl methyl sites for hydroxylation is 4. The molecule has 2 aromatic heterocycles. The van der Waals surface area contributed by atoms with Crippen molar-refractivity contribution in [3.05, 3.63) is 29.2 Å². The van der Waals surface area contributed by atoms with E-state index in [9.17, 15) is 4.79 Å². The maximum atomic E-state index is 11.8. The van der Waals surface area contributed by atoms with Crippen LogP contribution in [0.2, 0.25) is 0 Å². The van der Waals surface area contributed by atoms with Gasteiger partial charge < -0.3 is 10.6 Å². The molecule has 0 aliphatic heterocycles. The number of carbonyl (C=O) groups excluding carboxylic acids is 1. The highest BCUT2D eigenvalue weighted by atomic mass is 16.2. The van der Waals surface area contributed by atoms with E-state index in [1.807, 2.05) is 40.0 Å². The Balaban J connectivity index is 1.92. The second kappa shape index (κ2) is 5.68. The minimum absolute atomic E-state index is 0.0957. The van der Waals surface area contributed by atoms with E-state index in [2.05, 4.69) is 25.7 Å². The van der Waals surface area contributed by atoms with Crippen LogP contribution in [0.15, 0.2) is 12.1 Å². The third-order valence-corrected chi connectivity index (χ3v) is 2.77. The van der Waals surface area contributed by atoms with Crippen LogP contribution in [-0.4, -0.2) is 32.2 Å². The highest BCUT2D eigenvalue weighted by Crippen LogP contribution is 2.07. The van der Waals surface area contributed by atoms with Crippen molar-refractivity contribution in [2.24, 2.45) is 7.05 Å². The van der Waals surface area contributed by atoms with Gasteiger partial charge in [-0.05, 0) is 26.8 Å². The number of amides is 1. The zero-order valence-electron chi connectivity index (χ0n) is 12.1. The van der Waals surface area contributed by atoms with E-state index >= 15 is 0 Å². The number of nitrogens with zero attached hydrogens (tertiary/aromatic N) is 4. The Hall–Kier alpha value is -2.44. The van der Waals surface area contributed by atoms with E-state index in [1.165, 1.54) is 0 Å². The van der Waals surface area contributed by atoms with Crippen LogP contribution in [0.3, 0.4) is 0 Å². The highest BCUT2D eigenvalue weighted by molar-refractivity contribution is 5.92. The van der Waals surface area contributed by atoms with Crippen molar-refractivity contribution in [1.29, 1.82) is 0 Å². The van der Waals surface area contributed by atoms with Crippen LogP contribution in [0.1, 0.15) is 17.1 Å². The molecule has 0 unspecified atom stereocenters. The first-order valence-electron chi connectivity index (χ1n) is 6.30. The zero-order valence-corrected chi connectivity index (χ0v) is 12.1. The summed E-state index contributed by atoms with van der Waals surface area (Å²) in [7, 11) is 1.83. The maximum absolute atomic E-state index is 11.8. The second-order valence-electron chi connectivity index (χ2n) is 4.67. The molecular formula is C13H18N6O. The van der Waals surface area contributed by atoms with E-state index < -0.39 is 0 Å². The average molecular weight is 274 g/mol. The molecule has 0 aromatic carbocycles. The number of rotatable bonds is 4. The summed E-state index contributed by atoms with van der Waals surface area (Å²) in [6, 6.07) is 3.69. The molecule has 0 atom stereocenters. The molecule has 7 heteroatoms. The van der Waals surface area contributed by atoms with Gasteiger partial charge in [0.1, 0.15) is 0 Å². The predicted molar refractivity (Wildman–Crippen MR) is 76.6 cm³/mol. The Morgan fingerprint density at radius 2 is 1.85 bits per heavy atom. The molecule has 7 nitrogen and oxygen atoms in total. The predicted octanol–water partition coefficient (Wildman–Crippen LogP) is 1.19. The summed E-state index contributed by atoms with van der Waals surface area (Å²) in [6.07, 6.45) is 0. The minimum Gasteiger partial charge on any atom is -0.345 e. The molecule has 0 bridgehead atoms. The molecule has 2 N–H and O–H groups in total. The molecule has 0 spiro atoms. The van der Waals surface area contributed by atoms with Gasteiger partial charge in [0, 0.05) is 30.2 Å². The van der Waals surface area contributed by atoms with E-state index in [1.54, 1.807) is 4.68 Å². The largest absolute Gasteiger partial charge is 0.345 e. The van der Waals surface area contributed by atoms with Gasteiger partial charge >= 0.3 is 0 Å². The summed E-state index contributed by atoms with van der Waals surface area (Å²) in [5.41, 5.74) is 2.70. The van der Waals surface area contributed by atoms with Crippen molar-refractivity contribution in [2.45, 2.75) is 20.8 Å². The van der Waals surface area contributed by atoms with Gasteiger partial charge in [-0.25, -0.2) is 9.97 Å². The first-order valence-corrected chi connectivity index (χ1v) is 6.30. The summed E-state index contributed by atoms with van der Waals surface area (Å²) in [5, 5.41) is 9.77. The molecule has 106 valence electrons. The smallest absolute Gasteiger partial charge is 0.244 e. The van der Waals surface area contributed by atoms with Crippen molar-refractivity contribution < 1.29 is 4.79 Å². The van der Waals surface area contributed by atoms with Gasteiger partial charge in [-0.2, -0.15) is 5.10 Å². The van der Waals surface area contributed by atoms with Gasteiger partial charge in [0.2, 0.25) is 11.9 Å². The lowest BCUT2D eigenvalue weighted by Gasteiger charge is -2.06. The van der Waals surface area contributed by atoms with Crippen LogP contribution in [0, 0.1) is 20.8 Å². The first-order chi connectivity index (χ1) is 9.44. The SMILES string of the molecule is Cc1cc(C)nc(NCC(=O)Nc2cc(C)n(C)n2)n1. The molecule has 0 aliphatic carbocycles. The summed E-state index contributed by atoms with van der Waals surface area (Å²) in [5.74, 6) is 0.804. The standard InChI is InChI=1S/C13H18N6O/c1-8-5-9(2)16-13(15-8)14-7-12(20)17-11-6-10(3)19(4)18-11/h5-6H,7H2,1-4H3,(H,14,15,16)(H,17,18,20). The molecule has 2 heterocycles. The molecule has 0 aliphatic rings. The summed E-state index contributed by atoms with van der Waals surface area (Å²) >= 11 is 0. The normalized spacial score (nSPS) is 10.4. The number of hydrogen-bond donors (Lipinski definition) is 2. The first kappa shape index (κ1) is 14.0. The van der Waals surface area contributed by atoms with Crippen molar-refractivity contribution >= 4 is 17.7 Å². The summed E-state index contributed by atoms with van der Waals surface area (Å²) in [6.45, 7) is 5.79. The van der Waals surface area contributed by atoms with Gasteiger partial charge in [-0.1, -0.05) is 0 Å². The third-order valence-electron chi connectivity index (χ3n) is 2.77. The van der Waals surface area contributed by atoms with Crippen LogP contribution >= 0.6 is 0 Å². The van der Waals surface area contributed by atoms with Crippen molar-refractivity contribution in [3.8, 4) is 0 Å². The number of anilines is 2. The lowest BCUT2D eigenvalue weighted by molar-refractivity contribution is -0.114. The maximum Gasteiger partial charge on any atom is 0.244 e. The molecule has 2 aromatic rings. The molecule has 0 saturated carbocycles. The fourth-order valence-corrected chi connectivity index (χ4v) is 1.77. The molecule has 20 heavy (non-hydrogen) atoms. The van der Waals surface area contributed by atoms with Gasteiger partial charge in [-0.15, -0.1) is 0 Å². The third kappa shape index (κ3) is 3.53. The zero-order chi connectivity index (χ0) is 14.7. The van der Waals surface area contributed by atoms with Crippen molar-refractivity contribution in [2.75, 3.05) is 17.2 Å². The lowest BCUT2D eigenvalue weighted by Crippen LogP contribution is -2.23. The van der Waals surface area contributed by atoms with E-state index in [0.717, 1.165) is 17.1 Å². The van der Waals surface area contributed by atoms with Crippen molar-refractivity contribution in [1.82, 2.24) is 19.7 Å². The monoisotopic (exact) mass is 274 g/mol. The summed E-state index contributed by atoms with van der Waals surface area (Å²) in [4.78, 5) is 20.2. The molecule has 2 rings (SSSR count). The number of carbonyl (C=O) groups is 1. The molecular weight excluding hydrogens is 256 g/mol. The number of aromatic nitrogens is 4. The molecule has 1 amide bonds. The van der Waals surface area contributed by atoms with Crippen LogP contribution in [0.25, 0.3) is 0 Å². The second-order valence-corrected chi connectivity index (χ2v) is 4.67. The van der Waals surface area contributed by atoms with E-state index in [-0.39, 0.29) is 12.5 Å². The van der Waals surface area contributed by atoms with Crippen molar-refractivity contribution in [3.63, 3.8) is 0 Å². The van der Waals surface area contributed by atoms with Crippen LogP contribution in [-0.2, 0) is 11.8 Å². The van der Waals surface area contributed by atoms with Gasteiger partial charge in [0.05, 0.1) is 6.54 Å². The average Bonchev–Trinajstić information content (AvgIpc) is 2.64. The van der Waals surface area contributed by atoms with Crippen LogP contribution < -0.4 is 10.6 Å². The fraction of sp³-hybridized carbons (Fsp3) is 0.385. The Morgan fingerprint density at radius 1 is 1.20 bits per heavy atom. The molecule has 0 saturated heterocycles. The quantitative estimate of drug-likeness (QED) is 0.874. The van der Waals surface area contributed by atoms with E-state index in [4.69, 9.17) is 0 Å². The Bertz CT molecular complexity index is 594. The molecule has 0 fully saturated rings. The highest BCUT2D eigenvalue weighted by Gasteiger charge is 2.07. The lowest BCUT2D eigenvalue weighted by atomic mass is 10.4. The Morgan fingerprint density at radius 3 is 2.40 bits per heavy atom. The number of hydrogen-bond acceptors (Lipinski definition) is 5. The van der Waals surface area contributed by atoms with Gasteiger partial charge in [0.15, 0.2) is 5.82 Å². The Labute approximate surface area is 117 Å². The fourth-order valence-electron chi connectivity index (χ4n) is 1.77. The number of nitrogens with one attached hydrogen (secondary N) is 2. The summed E-state index contributed by atoms with van der Waals surface area (Å²) < 4.78 is 1.70. The Kier molecular flexibility index (Phi) is 3.97. The van der Waals surface area contributed by atoms with Gasteiger partial charge in [0.25, 0.3) is 0 Å². The van der Waals surface area contributed by atoms with E-state index in [0.29, 0.717) is 11.8 Å². The minimum atomic E-state index is -0.189. The topological polar surface area (TPSA) is 84.7 Å². The van der Waals surface area contributed by atoms with Gasteiger partial charge in [-0.3, -0.25) is 9.48 Å². The van der Waals surface area contributed by atoms with Crippen LogP contribution in [0.5, 0.6) is 0 Å². The van der Waals surface area contributed by atoms with Crippen LogP contribution in [0.4, 0.5) is 11.8 Å². The molecule has 0 radical (unpaired) electrons.